The maximum Gasteiger partial charge on any atom is 0.330 e. The Hall–Kier alpha value is -1.36. The van der Waals surface area contributed by atoms with Crippen molar-refractivity contribution >= 4 is 0 Å². The molecule has 5 heteroatoms. The van der Waals surface area contributed by atoms with E-state index in [-0.39, 0.29) is 16.7 Å². The van der Waals surface area contributed by atoms with Crippen molar-refractivity contribution in [3.05, 3.63) is 32.6 Å². The van der Waals surface area contributed by atoms with E-state index in [1.807, 2.05) is 0 Å². The second-order valence-corrected chi connectivity index (χ2v) is 5.86. The van der Waals surface area contributed by atoms with Gasteiger partial charge in [-0.2, -0.15) is 0 Å². The van der Waals surface area contributed by atoms with Crippen LogP contribution in [0.2, 0.25) is 0 Å². The van der Waals surface area contributed by atoms with Gasteiger partial charge in [0.2, 0.25) is 0 Å². The molecule has 0 radical (unpaired) electrons. The highest BCUT2D eigenvalue weighted by molar-refractivity contribution is 5.01. The van der Waals surface area contributed by atoms with Gasteiger partial charge in [-0.15, -0.1) is 0 Å². The Morgan fingerprint density at radius 2 is 1.78 bits per heavy atom. The molecule has 0 bridgehead atoms. The zero-order chi connectivity index (χ0) is 13.9. The molecule has 1 N–H and O–H groups in total. The molecular weight excluding hydrogens is 230 g/mol. The van der Waals surface area contributed by atoms with Gasteiger partial charge in [-0.3, -0.25) is 13.9 Å². The van der Waals surface area contributed by atoms with Crippen molar-refractivity contribution in [3.8, 4) is 0 Å². The largest absolute Gasteiger partial charge is 0.330 e. The Morgan fingerprint density at radius 1 is 1.17 bits per heavy atom. The van der Waals surface area contributed by atoms with Gasteiger partial charge in [-0.05, 0) is 18.4 Å². The summed E-state index contributed by atoms with van der Waals surface area (Å²) in [5, 5.41) is 3.27. The molecule has 1 aromatic heterocycles. The first-order chi connectivity index (χ1) is 8.22. The van der Waals surface area contributed by atoms with Gasteiger partial charge in [0.05, 0.1) is 0 Å². The third-order valence-corrected chi connectivity index (χ3v) is 2.98. The summed E-state index contributed by atoms with van der Waals surface area (Å²) < 4.78 is 2.62. The minimum atomic E-state index is -0.282. The lowest BCUT2D eigenvalue weighted by Gasteiger charge is -2.18. The first-order valence-corrected chi connectivity index (χ1v) is 6.19. The maximum absolute atomic E-state index is 11.7. The molecule has 0 saturated heterocycles. The number of rotatable bonds is 4. The van der Waals surface area contributed by atoms with Gasteiger partial charge in [0.25, 0.3) is 5.56 Å². The predicted octanol–water partition coefficient (Wildman–Crippen LogP) is 0.610. The van der Waals surface area contributed by atoms with Gasteiger partial charge in [-0.1, -0.05) is 20.8 Å². The quantitative estimate of drug-likeness (QED) is 0.800. The maximum atomic E-state index is 11.7. The van der Waals surface area contributed by atoms with E-state index in [0.717, 1.165) is 23.2 Å². The van der Waals surface area contributed by atoms with Gasteiger partial charge in [0, 0.05) is 32.4 Å². The molecule has 0 aromatic carbocycles. The topological polar surface area (TPSA) is 56.0 Å². The molecule has 0 aliphatic carbocycles. The molecule has 0 fully saturated rings. The minimum Gasteiger partial charge on any atom is -0.311 e. The molecule has 0 saturated carbocycles. The average Bonchev–Trinajstić information content (AvgIpc) is 2.26. The monoisotopic (exact) mass is 253 g/mol. The molecule has 0 aliphatic rings. The van der Waals surface area contributed by atoms with Crippen LogP contribution in [0.25, 0.3) is 0 Å². The Bertz CT molecular complexity index is 521. The summed E-state index contributed by atoms with van der Waals surface area (Å²) in [5.41, 5.74) is 0.462. The van der Waals surface area contributed by atoms with E-state index in [1.54, 1.807) is 7.05 Å². The predicted molar refractivity (Wildman–Crippen MR) is 72.7 cm³/mol. The Kier molecular flexibility index (Phi) is 4.51. The van der Waals surface area contributed by atoms with Crippen molar-refractivity contribution in [2.45, 2.75) is 33.7 Å². The smallest absolute Gasteiger partial charge is 0.311 e. The lowest BCUT2D eigenvalue weighted by molar-refractivity contribution is 0.365. The highest BCUT2D eigenvalue weighted by Gasteiger charge is 2.09. The number of nitrogens with zero attached hydrogens (tertiary/aromatic N) is 2. The lowest BCUT2D eigenvalue weighted by Crippen LogP contribution is -2.39. The molecule has 5 nitrogen and oxygen atoms in total. The molecule has 102 valence electrons. The molecule has 18 heavy (non-hydrogen) atoms. The van der Waals surface area contributed by atoms with Gasteiger partial charge < -0.3 is 5.32 Å². The second kappa shape index (κ2) is 5.52. The summed E-state index contributed by atoms with van der Waals surface area (Å²) in [5.74, 6) is 0. The Morgan fingerprint density at radius 3 is 2.33 bits per heavy atom. The first kappa shape index (κ1) is 14.7. The van der Waals surface area contributed by atoms with Gasteiger partial charge >= 0.3 is 5.69 Å². The Balaban J connectivity index is 2.70. The van der Waals surface area contributed by atoms with Crippen LogP contribution in [0.15, 0.2) is 15.7 Å². The van der Waals surface area contributed by atoms with Crippen LogP contribution in [0, 0.1) is 5.41 Å². The van der Waals surface area contributed by atoms with Crippen LogP contribution in [0.1, 0.15) is 32.9 Å². The fourth-order valence-electron chi connectivity index (χ4n) is 1.63. The van der Waals surface area contributed by atoms with E-state index in [9.17, 15) is 9.59 Å². The molecule has 1 aromatic rings. The molecule has 0 spiro atoms. The second-order valence-electron chi connectivity index (χ2n) is 5.86. The lowest BCUT2D eigenvalue weighted by atomic mass is 9.92. The SMILES string of the molecule is Cn1c(CNCCC(C)(C)C)cc(=O)n(C)c1=O. The van der Waals surface area contributed by atoms with Gasteiger partial charge in [0.1, 0.15) is 0 Å². The molecule has 1 rings (SSSR count). The van der Waals surface area contributed by atoms with Crippen LogP contribution in [0.3, 0.4) is 0 Å². The number of hydrogen-bond acceptors (Lipinski definition) is 3. The first-order valence-electron chi connectivity index (χ1n) is 6.19. The summed E-state index contributed by atoms with van der Waals surface area (Å²) in [6.45, 7) is 7.96. The highest BCUT2D eigenvalue weighted by atomic mass is 16.2. The molecule has 0 aliphatic heterocycles. The summed E-state index contributed by atoms with van der Waals surface area (Å²) >= 11 is 0. The third kappa shape index (κ3) is 3.84. The van der Waals surface area contributed by atoms with Crippen molar-refractivity contribution in [2.75, 3.05) is 6.54 Å². The molecule has 0 amide bonds. The van der Waals surface area contributed by atoms with Gasteiger partial charge in [0.15, 0.2) is 0 Å². The summed E-state index contributed by atoms with van der Waals surface area (Å²) in [7, 11) is 3.17. The minimum absolute atomic E-state index is 0.259. The van der Waals surface area contributed by atoms with E-state index in [0.29, 0.717) is 6.54 Å². The van der Waals surface area contributed by atoms with E-state index < -0.39 is 0 Å². The third-order valence-electron chi connectivity index (χ3n) is 2.98. The van der Waals surface area contributed by atoms with Crippen LogP contribution in [-0.2, 0) is 20.6 Å². The van der Waals surface area contributed by atoms with E-state index in [2.05, 4.69) is 26.1 Å². The van der Waals surface area contributed by atoms with E-state index in [1.165, 1.54) is 17.7 Å². The van der Waals surface area contributed by atoms with Gasteiger partial charge in [-0.25, -0.2) is 4.79 Å². The van der Waals surface area contributed by atoms with E-state index in [4.69, 9.17) is 0 Å². The number of hydrogen-bond donors (Lipinski definition) is 1. The zero-order valence-electron chi connectivity index (χ0n) is 11.9. The molecule has 1 heterocycles. The number of aromatic nitrogens is 2. The summed E-state index contributed by atoms with van der Waals surface area (Å²) in [6, 6.07) is 1.51. The van der Waals surface area contributed by atoms with E-state index >= 15 is 0 Å². The van der Waals surface area contributed by atoms with Crippen molar-refractivity contribution < 1.29 is 0 Å². The van der Waals surface area contributed by atoms with Crippen LogP contribution in [0.5, 0.6) is 0 Å². The normalized spacial score (nSPS) is 11.8. The number of nitrogens with one attached hydrogen (secondary N) is 1. The molecule has 0 atom stereocenters. The van der Waals surface area contributed by atoms with Crippen molar-refractivity contribution in [1.82, 2.24) is 14.5 Å². The van der Waals surface area contributed by atoms with Crippen molar-refractivity contribution in [3.63, 3.8) is 0 Å². The van der Waals surface area contributed by atoms with Crippen LogP contribution < -0.4 is 16.6 Å². The average molecular weight is 253 g/mol. The summed E-state index contributed by atoms with van der Waals surface area (Å²) in [6.07, 6.45) is 1.05. The molecular formula is C13H23N3O2. The van der Waals surface area contributed by atoms with Crippen LogP contribution >= 0.6 is 0 Å². The fraction of sp³-hybridized carbons (Fsp3) is 0.692. The zero-order valence-corrected chi connectivity index (χ0v) is 11.9. The molecule has 0 unspecified atom stereocenters. The van der Waals surface area contributed by atoms with Crippen molar-refractivity contribution in [2.24, 2.45) is 19.5 Å². The van der Waals surface area contributed by atoms with Crippen LogP contribution in [0.4, 0.5) is 0 Å². The standard InChI is InChI=1S/C13H23N3O2/c1-13(2,3)6-7-14-9-10-8-11(17)16(5)12(18)15(10)4/h8,14H,6-7,9H2,1-5H3. The highest BCUT2D eigenvalue weighted by Crippen LogP contribution is 2.16. The summed E-state index contributed by atoms with van der Waals surface area (Å²) in [4.78, 5) is 23.2. The fourth-order valence-corrected chi connectivity index (χ4v) is 1.63. The van der Waals surface area contributed by atoms with Crippen LogP contribution in [-0.4, -0.2) is 15.7 Å². The Labute approximate surface area is 107 Å². The van der Waals surface area contributed by atoms with Crippen molar-refractivity contribution in [1.29, 1.82) is 0 Å².